The zero-order valence-electron chi connectivity index (χ0n) is 21.2. The van der Waals surface area contributed by atoms with Gasteiger partial charge in [-0.2, -0.15) is 4.98 Å². The highest BCUT2D eigenvalue weighted by Gasteiger charge is 2.34. The number of anilines is 2. The number of rotatable bonds is 8. The number of nitrogens with one attached hydrogen (secondary N) is 2. The molecule has 4 aromatic rings. The minimum Gasteiger partial charge on any atom is -0.478 e. The summed E-state index contributed by atoms with van der Waals surface area (Å²) in [5.41, 5.74) is 4.12. The molecule has 0 spiro atoms. The van der Waals surface area contributed by atoms with Gasteiger partial charge in [-0.25, -0.2) is 9.48 Å². The molecule has 0 saturated heterocycles. The predicted molar refractivity (Wildman–Crippen MR) is 149 cm³/mol. The molecular formula is C29H25N5O4S. The number of carboxylic acid groups (broad SMARTS) is 1. The zero-order valence-corrected chi connectivity index (χ0v) is 22.0. The lowest BCUT2D eigenvalue weighted by Crippen LogP contribution is -2.31. The van der Waals surface area contributed by atoms with Crippen LogP contribution in [-0.2, 0) is 4.79 Å². The minimum absolute atomic E-state index is 0.0428. The van der Waals surface area contributed by atoms with Crippen LogP contribution in [0.15, 0.2) is 95.3 Å². The van der Waals surface area contributed by atoms with Gasteiger partial charge in [0.1, 0.15) is 6.04 Å². The Balaban J connectivity index is 1.46. The summed E-state index contributed by atoms with van der Waals surface area (Å²) in [6.07, 6.45) is 0. The molecule has 2 heterocycles. The Hall–Kier alpha value is -4.70. The van der Waals surface area contributed by atoms with Crippen LogP contribution in [0.3, 0.4) is 0 Å². The van der Waals surface area contributed by atoms with E-state index in [0.717, 1.165) is 5.56 Å². The average Bonchev–Trinajstić information content (AvgIpc) is 3.34. The largest absolute Gasteiger partial charge is 0.478 e. The highest BCUT2D eigenvalue weighted by atomic mass is 32.2. The molecule has 0 radical (unpaired) electrons. The topological polar surface area (TPSA) is 126 Å². The van der Waals surface area contributed by atoms with E-state index in [0.29, 0.717) is 39.2 Å². The standard InChI is InChI=1S/C29H25N5O4S/c1-17-8-10-19(11-9-17)23(35)16-39-29-32-28-30-18(2)24(26(36)31-22-6-4-3-5-7-22)25(34(28)33-29)20-12-14-21(15-13-20)27(37)38/h3-15,25H,16H2,1-2H3,(H,31,36)(H,37,38)(H,30,32,33)/t25-/m0/s1. The van der Waals surface area contributed by atoms with E-state index in [4.69, 9.17) is 0 Å². The van der Waals surface area contributed by atoms with Gasteiger partial charge in [-0.3, -0.25) is 9.59 Å². The molecular weight excluding hydrogens is 514 g/mol. The first-order valence-electron chi connectivity index (χ1n) is 12.2. The summed E-state index contributed by atoms with van der Waals surface area (Å²) >= 11 is 1.21. The first kappa shape index (κ1) is 25.9. The molecule has 39 heavy (non-hydrogen) atoms. The van der Waals surface area contributed by atoms with Crippen LogP contribution in [0.4, 0.5) is 11.6 Å². The summed E-state index contributed by atoms with van der Waals surface area (Å²) in [4.78, 5) is 42.2. The van der Waals surface area contributed by atoms with Crippen LogP contribution in [0.25, 0.3) is 0 Å². The molecule has 5 rings (SSSR count). The molecule has 1 amide bonds. The molecule has 1 aromatic heterocycles. The maximum absolute atomic E-state index is 13.5. The monoisotopic (exact) mass is 539 g/mol. The fourth-order valence-electron chi connectivity index (χ4n) is 4.28. The van der Waals surface area contributed by atoms with Gasteiger partial charge in [-0.15, -0.1) is 5.10 Å². The number of fused-ring (bicyclic) bond motifs is 1. The van der Waals surface area contributed by atoms with Gasteiger partial charge in [0.05, 0.1) is 16.9 Å². The Morgan fingerprint density at radius 1 is 0.949 bits per heavy atom. The molecule has 3 aromatic carbocycles. The van der Waals surface area contributed by atoms with Crippen molar-refractivity contribution in [1.82, 2.24) is 14.8 Å². The third-order valence-electron chi connectivity index (χ3n) is 6.29. The first-order chi connectivity index (χ1) is 18.8. The highest BCUT2D eigenvalue weighted by Crippen LogP contribution is 2.37. The number of nitrogens with zero attached hydrogens (tertiary/aromatic N) is 3. The lowest BCUT2D eigenvalue weighted by atomic mass is 9.94. The molecule has 0 aliphatic carbocycles. The number of allylic oxidation sites excluding steroid dienone is 1. The van der Waals surface area contributed by atoms with E-state index in [2.05, 4.69) is 20.7 Å². The van der Waals surface area contributed by atoms with Crippen LogP contribution in [0.5, 0.6) is 0 Å². The third kappa shape index (κ3) is 5.60. The van der Waals surface area contributed by atoms with Crippen LogP contribution in [0.2, 0.25) is 0 Å². The molecule has 9 nitrogen and oxygen atoms in total. The molecule has 1 aliphatic heterocycles. The zero-order chi connectivity index (χ0) is 27.5. The second-order valence-electron chi connectivity index (χ2n) is 9.05. The lowest BCUT2D eigenvalue weighted by molar-refractivity contribution is -0.113. The molecule has 196 valence electrons. The minimum atomic E-state index is -1.04. The van der Waals surface area contributed by atoms with Crippen molar-refractivity contribution >= 4 is 41.1 Å². The number of carbonyl (C=O) groups excluding carboxylic acids is 2. The van der Waals surface area contributed by atoms with Crippen molar-refractivity contribution in [3.63, 3.8) is 0 Å². The van der Waals surface area contributed by atoms with Crippen molar-refractivity contribution in [2.24, 2.45) is 0 Å². The molecule has 0 fully saturated rings. The Labute approximate surface area is 229 Å². The summed E-state index contributed by atoms with van der Waals surface area (Å²) < 4.78 is 1.60. The van der Waals surface area contributed by atoms with Crippen molar-refractivity contribution in [3.05, 3.63) is 112 Å². The maximum Gasteiger partial charge on any atom is 0.335 e. The number of carboxylic acids is 1. The van der Waals surface area contributed by atoms with E-state index in [-0.39, 0.29) is 23.0 Å². The average molecular weight is 540 g/mol. The molecule has 0 bridgehead atoms. The molecule has 10 heteroatoms. The number of thioether (sulfide) groups is 1. The maximum atomic E-state index is 13.5. The molecule has 1 atom stereocenters. The number of hydrogen-bond acceptors (Lipinski definition) is 7. The van der Waals surface area contributed by atoms with E-state index < -0.39 is 12.0 Å². The Morgan fingerprint density at radius 2 is 1.62 bits per heavy atom. The van der Waals surface area contributed by atoms with Gasteiger partial charge in [-0.05, 0) is 43.7 Å². The number of benzene rings is 3. The number of amides is 1. The fourth-order valence-corrected chi connectivity index (χ4v) is 5.00. The number of hydrogen-bond donors (Lipinski definition) is 3. The number of ketones is 1. The van der Waals surface area contributed by atoms with Crippen LogP contribution >= 0.6 is 11.8 Å². The van der Waals surface area contributed by atoms with Crippen LogP contribution in [0.1, 0.15) is 44.8 Å². The van der Waals surface area contributed by atoms with Gasteiger partial charge >= 0.3 is 5.97 Å². The quantitative estimate of drug-likeness (QED) is 0.206. The van der Waals surface area contributed by atoms with E-state index in [9.17, 15) is 19.5 Å². The van der Waals surface area contributed by atoms with Crippen molar-refractivity contribution in [1.29, 1.82) is 0 Å². The van der Waals surface area contributed by atoms with E-state index in [1.165, 1.54) is 23.9 Å². The lowest BCUT2D eigenvalue weighted by Gasteiger charge is -2.28. The van der Waals surface area contributed by atoms with Gasteiger partial charge in [-0.1, -0.05) is 71.9 Å². The smallest absolute Gasteiger partial charge is 0.335 e. The fraction of sp³-hybridized carbons (Fsp3) is 0.138. The highest BCUT2D eigenvalue weighted by molar-refractivity contribution is 7.99. The second kappa shape index (κ2) is 11.0. The third-order valence-corrected chi connectivity index (χ3v) is 7.13. The molecule has 0 saturated carbocycles. The van der Waals surface area contributed by atoms with Gasteiger partial charge in [0.25, 0.3) is 5.91 Å². The number of para-hydroxylation sites is 1. The molecule has 1 aliphatic rings. The van der Waals surface area contributed by atoms with Crippen molar-refractivity contribution in [2.75, 3.05) is 16.4 Å². The van der Waals surface area contributed by atoms with E-state index >= 15 is 0 Å². The van der Waals surface area contributed by atoms with E-state index in [1.807, 2.05) is 37.3 Å². The van der Waals surface area contributed by atoms with E-state index in [1.54, 1.807) is 48.0 Å². The Bertz CT molecular complexity index is 1580. The van der Waals surface area contributed by atoms with Crippen molar-refractivity contribution < 1.29 is 19.5 Å². The van der Waals surface area contributed by atoms with Crippen molar-refractivity contribution in [3.8, 4) is 0 Å². The number of carbonyl (C=O) groups is 3. The SMILES string of the molecule is CC1=C(C(=O)Nc2ccccc2)[C@H](c2ccc(C(=O)O)cc2)n2nc(SCC(=O)c3ccc(C)cc3)nc2N1. The molecule has 3 N–H and O–H groups in total. The van der Waals surface area contributed by atoms with Gasteiger partial charge in [0.15, 0.2) is 5.78 Å². The summed E-state index contributed by atoms with van der Waals surface area (Å²) in [6, 6.07) is 22.1. The van der Waals surface area contributed by atoms with Crippen LogP contribution in [-0.4, -0.2) is 43.3 Å². The summed E-state index contributed by atoms with van der Waals surface area (Å²) in [5, 5.41) is 20.5. The van der Waals surface area contributed by atoms with Crippen LogP contribution in [0, 0.1) is 6.92 Å². The first-order valence-corrected chi connectivity index (χ1v) is 13.2. The number of aromatic carboxylic acids is 1. The van der Waals surface area contributed by atoms with Crippen LogP contribution < -0.4 is 10.6 Å². The predicted octanol–water partition coefficient (Wildman–Crippen LogP) is 5.19. The number of aryl methyl sites for hydroxylation is 1. The second-order valence-corrected chi connectivity index (χ2v) is 10.00. The van der Waals surface area contributed by atoms with Gasteiger partial charge in [0, 0.05) is 16.9 Å². The number of Topliss-reactive ketones (excluding diaryl/α,β-unsaturated/α-hetero) is 1. The number of aromatic nitrogens is 3. The Kier molecular flexibility index (Phi) is 7.29. The summed E-state index contributed by atoms with van der Waals surface area (Å²) in [5.74, 6) is -0.847. The summed E-state index contributed by atoms with van der Waals surface area (Å²) in [6.45, 7) is 3.75. The molecule has 0 unspecified atom stereocenters. The van der Waals surface area contributed by atoms with Crippen molar-refractivity contribution in [2.45, 2.75) is 25.0 Å². The Morgan fingerprint density at radius 3 is 2.28 bits per heavy atom. The summed E-state index contributed by atoms with van der Waals surface area (Å²) in [7, 11) is 0. The normalized spacial score (nSPS) is 14.4. The van der Waals surface area contributed by atoms with Gasteiger partial charge in [0.2, 0.25) is 11.1 Å². The van der Waals surface area contributed by atoms with Gasteiger partial charge < -0.3 is 15.7 Å².